The predicted molar refractivity (Wildman–Crippen MR) is 81.1 cm³/mol. The van der Waals surface area contributed by atoms with Gasteiger partial charge in [0.15, 0.2) is 0 Å². The quantitative estimate of drug-likeness (QED) is 0.601. The van der Waals surface area contributed by atoms with Crippen molar-refractivity contribution >= 4 is 0 Å². The van der Waals surface area contributed by atoms with Gasteiger partial charge in [-0.2, -0.15) is 0 Å². The van der Waals surface area contributed by atoms with Crippen molar-refractivity contribution in [3.8, 4) is 0 Å². The molecule has 0 amide bonds. The third-order valence-corrected chi connectivity index (χ3v) is 2.75. The lowest BCUT2D eigenvalue weighted by Crippen LogP contribution is -2.32. The first-order chi connectivity index (χ1) is 8.99. The number of hydrogen-bond acceptors (Lipinski definition) is 4. The normalized spacial score (nSPS) is 15.1. The lowest BCUT2D eigenvalue weighted by Gasteiger charge is -2.24. The molecule has 0 saturated carbocycles. The third-order valence-electron chi connectivity index (χ3n) is 2.75. The molecule has 2 unspecified atom stereocenters. The van der Waals surface area contributed by atoms with Gasteiger partial charge in [-0.25, -0.2) is 0 Å². The molecule has 0 radical (unpaired) electrons. The second kappa shape index (κ2) is 11.3. The highest BCUT2D eigenvalue weighted by molar-refractivity contribution is 4.86. The second-order valence-corrected chi connectivity index (χ2v) is 5.34. The molecule has 2 N–H and O–H groups in total. The predicted octanol–water partition coefficient (Wildman–Crippen LogP) is 1.69. The molecule has 0 heterocycles. The number of aliphatic hydroxyl groups is 2. The largest absolute Gasteiger partial charge is 0.392 e. The van der Waals surface area contributed by atoms with E-state index in [0.717, 1.165) is 32.5 Å². The average molecular weight is 272 g/mol. The Kier molecular flexibility index (Phi) is 10.9. The summed E-state index contributed by atoms with van der Waals surface area (Å²) in [6.45, 7) is 12.1. The van der Waals surface area contributed by atoms with Crippen molar-refractivity contribution in [1.82, 2.24) is 9.80 Å². The van der Waals surface area contributed by atoms with Gasteiger partial charge in [-0.1, -0.05) is 19.9 Å². The zero-order valence-electron chi connectivity index (χ0n) is 13.0. The smallest absolute Gasteiger partial charge is 0.0686 e. The van der Waals surface area contributed by atoms with Gasteiger partial charge in [-0.05, 0) is 39.4 Å². The van der Waals surface area contributed by atoms with Crippen molar-refractivity contribution in [3.63, 3.8) is 0 Å². The monoisotopic (exact) mass is 272 g/mol. The van der Waals surface area contributed by atoms with Crippen LogP contribution >= 0.6 is 0 Å². The van der Waals surface area contributed by atoms with Gasteiger partial charge in [0.1, 0.15) is 0 Å². The summed E-state index contributed by atoms with van der Waals surface area (Å²) in [5.74, 6) is 0. The van der Waals surface area contributed by atoms with Crippen molar-refractivity contribution in [1.29, 1.82) is 0 Å². The van der Waals surface area contributed by atoms with Gasteiger partial charge in [-0.3, -0.25) is 4.90 Å². The molecule has 4 nitrogen and oxygen atoms in total. The zero-order chi connectivity index (χ0) is 14.7. The van der Waals surface area contributed by atoms with E-state index in [9.17, 15) is 10.2 Å². The summed E-state index contributed by atoms with van der Waals surface area (Å²) in [6, 6.07) is 0. The number of aliphatic hydroxyl groups excluding tert-OH is 2. The lowest BCUT2D eigenvalue weighted by atomic mass is 10.3. The van der Waals surface area contributed by atoms with Crippen LogP contribution in [0.2, 0.25) is 0 Å². The average Bonchev–Trinajstić information content (AvgIpc) is 2.27. The highest BCUT2D eigenvalue weighted by atomic mass is 16.3. The molecule has 0 aliphatic heterocycles. The van der Waals surface area contributed by atoms with Gasteiger partial charge in [0.25, 0.3) is 0 Å². The lowest BCUT2D eigenvalue weighted by molar-refractivity contribution is 0.133. The van der Waals surface area contributed by atoms with E-state index in [-0.39, 0.29) is 12.2 Å². The van der Waals surface area contributed by atoms with Crippen molar-refractivity contribution in [2.75, 3.05) is 32.7 Å². The first kappa shape index (κ1) is 18.4. The fourth-order valence-corrected chi connectivity index (χ4v) is 2.15. The summed E-state index contributed by atoms with van der Waals surface area (Å²) in [4.78, 5) is 4.39. The van der Waals surface area contributed by atoms with E-state index >= 15 is 0 Å². The van der Waals surface area contributed by atoms with Gasteiger partial charge in [0.05, 0.1) is 12.2 Å². The van der Waals surface area contributed by atoms with Crippen LogP contribution in [-0.2, 0) is 0 Å². The van der Waals surface area contributed by atoms with Crippen molar-refractivity contribution in [2.45, 2.75) is 52.7 Å². The van der Waals surface area contributed by atoms with E-state index in [4.69, 9.17) is 0 Å². The van der Waals surface area contributed by atoms with Gasteiger partial charge < -0.3 is 15.1 Å². The minimum atomic E-state index is -0.305. The molecule has 0 bridgehead atoms. The Hall–Kier alpha value is -0.580. The van der Waals surface area contributed by atoms with Gasteiger partial charge in [-0.15, -0.1) is 0 Å². The Morgan fingerprint density at radius 1 is 0.947 bits per heavy atom. The van der Waals surface area contributed by atoms with Crippen molar-refractivity contribution in [2.24, 2.45) is 0 Å². The van der Waals surface area contributed by atoms with Crippen LogP contribution in [0.4, 0.5) is 0 Å². The minimum absolute atomic E-state index is 0.288. The van der Waals surface area contributed by atoms with Crippen molar-refractivity contribution < 1.29 is 10.2 Å². The third kappa shape index (κ3) is 11.0. The molecule has 0 fully saturated rings. The SMILES string of the molecule is CCCN(C=CCN(CCC)CC(C)O)CC(C)O. The Balaban J connectivity index is 4.22. The standard InChI is InChI=1S/C15H32N2O2/c1-5-8-16(12-14(3)18)10-7-11-17(9-6-2)13-15(4)19/h7,10,14-15,18-19H,5-6,8-9,11-13H2,1-4H3. The number of nitrogens with zero attached hydrogens (tertiary/aromatic N) is 2. The summed E-state index contributed by atoms with van der Waals surface area (Å²) in [5, 5.41) is 18.9. The van der Waals surface area contributed by atoms with Gasteiger partial charge in [0, 0.05) is 26.2 Å². The van der Waals surface area contributed by atoms with Crippen LogP contribution in [0.3, 0.4) is 0 Å². The molecule has 0 aliphatic carbocycles. The Labute approximate surface area is 118 Å². The summed E-state index contributed by atoms with van der Waals surface area (Å²) >= 11 is 0. The molecule has 0 aromatic heterocycles. The summed E-state index contributed by atoms with van der Waals surface area (Å²) in [7, 11) is 0. The summed E-state index contributed by atoms with van der Waals surface area (Å²) in [6.07, 6.45) is 5.76. The summed E-state index contributed by atoms with van der Waals surface area (Å²) in [5.41, 5.74) is 0. The molecule has 0 spiro atoms. The van der Waals surface area contributed by atoms with Crippen LogP contribution in [-0.4, -0.2) is 64.9 Å². The van der Waals surface area contributed by atoms with Gasteiger partial charge in [0.2, 0.25) is 0 Å². The zero-order valence-corrected chi connectivity index (χ0v) is 13.0. The molecule has 0 aromatic rings. The van der Waals surface area contributed by atoms with Crippen LogP contribution in [0, 0.1) is 0 Å². The Morgan fingerprint density at radius 3 is 2.00 bits per heavy atom. The van der Waals surface area contributed by atoms with E-state index < -0.39 is 0 Å². The van der Waals surface area contributed by atoms with E-state index in [1.807, 2.05) is 13.8 Å². The molecular weight excluding hydrogens is 240 g/mol. The minimum Gasteiger partial charge on any atom is -0.392 e. The van der Waals surface area contributed by atoms with Crippen LogP contribution < -0.4 is 0 Å². The molecule has 0 aromatic carbocycles. The first-order valence-electron chi connectivity index (χ1n) is 7.48. The number of rotatable bonds is 11. The first-order valence-corrected chi connectivity index (χ1v) is 7.48. The maximum absolute atomic E-state index is 9.45. The molecule has 114 valence electrons. The van der Waals surface area contributed by atoms with Crippen LogP contribution in [0.5, 0.6) is 0 Å². The number of hydrogen-bond donors (Lipinski definition) is 2. The molecular formula is C15H32N2O2. The maximum Gasteiger partial charge on any atom is 0.0686 e. The fourth-order valence-electron chi connectivity index (χ4n) is 2.15. The van der Waals surface area contributed by atoms with Crippen LogP contribution in [0.25, 0.3) is 0 Å². The molecule has 4 heteroatoms. The second-order valence-electron chi connectivity index (χ2n) is 5.34. The molecule has 0 aliphatic rings. The molecule has 2 atom stereocenters. The Morgan fingerprint density at radius 2 is 1.53 bits per heavy atom. The van der Waals surface area contributed by atoms with E-state index in [0.29, 0.717) is 13.1 Å². The maximum atomic E-state index is 9.45. The molecule has 0 saturated heterocycles. The molecule has 0 rings (SSSR count). The van der Waals surface area contributed by atoms with E-state index in [1.165, 1.54) is 0 Å². The summed E-state index contributed by atoms with van der Waals surface area (Å²) < 4.78 is 0. The van der Waals surface area contributed by atoms with E-state index in [1.54, 1.807) is 0 Å². The highest BCUT2D eigenvalue weighted by Crippen LogP contribution is 1.99. The van der Waals surface area contributed by atoms with E-state index in [2.05, 4.69) is 35.9 Å². The van der Waals surface area contributed by atoms with Crippen LogP contribution in [0.15, 0.2) is 12.3 Å². The molecule has 19 heavy (non-hydrogen) atoms. The van der Waals surface area contributed by atoms with Crippen LogP contribution in [0.1, 0.15) is 40.5 Å². The fraction of sp³-hybridized carbons (Fsp3) is 0.867. The van der Waals surface area contributed by atoms with Crippen molar-refractivity contribution in [3.05, 3.63) is 12.3 Å². The highest BCUT2D eigenvalue weighted by Gasteiger charge is 2.06. The van der Waals surface area contributed by atoms with Gasteiger partial charge >= 0.3 is 0 Å². The Bertz CT molecular complexity index is 230. The topological polar surface area (TPSA) is 46.9 Å².